The Labute approximate surface area is 99.5 Å². The molecule has 2 heterocycles. The molecule has 0 saturated heterocycles. The van der Waals surface area contributed by atoms with Gasteiger partial charge >= 0.3 is 0 Å². The van der Waals surface area contributed by atoms with Crippen molar-refractivity contribution in [2.45, 2.75) is 20.4 Å². The summed E-state index contributed by atoms with van der Waals surface area (Å²) in [5, 5.41) is 10.1. The van der Waals surface area contributed by atoms with Crippen LogP contribution in [0.2, 0.25) is 0 Å². The van der Waals surface area contributed by atoms with Gasteiger partial charge in [-0.3, -0.25) is 4.98 Å². The molecule has 0 spiro atoms. The number of hydrogen-bond donors (Lipinski definition) is 2. The molecule has 2 aromatic rings. The van der Waals surface area contributed by atoms with Gasteiger partial charge < -0.3 is 15.2 Å². The van der Waals surface area contributed by atoms with Crippen LogP contribution in [0.1, 0.15) is 18.4 Å². The van der Waals surface area contributed by atoms with E-state index in [4.69, 9.17) is 4.52 Å². The predicted octanol–water partition coefficient (Wildman–Crippen LogP) is 1.82. The topological polar surface area (TPSA) is 75.9 Å². The molecule has 0 unspecified atom stereocenters. The first-order valence-corrected chi connectivity index (χ1v) is 5.50. The van der Waals surface area contributed by atoms with Crippen LogP contribution in [0.15, 0.2) is 23.0 Å². The van der Waals surface area contributed by atoms with Crippen molar-refractivity contribution in [1.29, 1.82) is 0 Å². The zero-order chi connectivity index (χ0) is 12.1. The van der Waals surface area contributed by atoms with Crippen molar-refractivity contribution >= 4 is 11.6 Å². The minimum atomic E-state index is 0.571. The zero-order valence-corrected chi connectivity index (χ0v) is 9.90. The molecule has 0 radical (unpaired) electrons. The van der Waals surface area contributed by atoms with Crippen LogP contribution in [0.3, 0.4) is 0 Å². The Morgan fingerprint density at radius 3 is 2.65 bits per heavy atom. The normalized spacial score (nSPS) is 10.2. The highest BCUT2D eigenvalue weighted by Gasteiger charge is 2.01. The third-order valence-corrected chi connectivity index (χ3v) is 2.12. The van der Waals surface area contributed by atoms with Gasteiger partial charge in [0.1, 0.15) is 23.1 Å². The van der Waals surface area contributed by atoms with E-state index >= 15 is 0 Å². The van der Waals surface area contributed by atoms with Crippen LogP contribution in [-0.2, 0) is 6.54 Å². The van der Waals surface area contributed by atoms with Gasteiger partial charge in [0.25, 0.3) is 0 Å². The van der Waals surface area contributed by atoms with Gasteiger partial charge in [0.15, 0.2) is 0 Å². The first-order chi connectivity index (χ1) is 8.28. The van der Waals surface area contributed by atoms with Crippen LogP contribution in [0, 0.1) is 6.92 Å². The molecule has 0 amide bonds. The molecule has 6 heteroatoms. The second-order valence-corrected chi connectivity index (χ2v) is 3.60. The number of nitrogens with one attached hydrogen (secondary N) is 2. The van der Waals surface area contributed by atoms with E-state index in [1.807, 2.05) is 19.9 Å². The van der Waals surface area contributed by atoms with Gasteiger partial charge in [0.2, 0.25) is 0 Å². The van der Waals surface area contributed by atoms with Gasteiger partial charge in [-0.2, -0.15) is 0 Å². The maximum Gasteiger partial charge on any atom is 0.147 e. The Morgan fingerprint density at radius 2 is 2.00 bits per heavy atom. The minimum absolute atomic E-state index is 0.571. The van der Waals surface area contributed by atoms with E-state index in [0.29, 0.717) is 12.4 Å². The van der Waals surface area contributed by atoms with Crippen molar-refractivity contribution in [3.05, 3.63) is 29.9 Å². The molecule has 2 aromatic heterocycles. The summed E-state index contributed by atoms with van der Waals surface area (Å²) < 4.78 is 4.98. The Hall–Kier alpha value is -2.11. The summed E-state index contributed by atoms with van der Waals surface area (Å²) in [6.07, 6.45) is 3.36. The molecule has 0 aliphatic rings. The molecule has 2 rings (SSSR count). The maximum absolute atomic E-state index is 4.98. The summed E-state index contributed by atoms with van der Waals surface area (Å²) in [7, 11) is 0. The van der Waals surface area contributed by atoms with Crippen LogP contribution in [-0.4, -0.2) is 21.7 Å². The zero-order valence-electron chi connectivity index (χ0n) is 9.90. The molecule has 90 valence electrons. The highest BCUT2D eigenvalue weighted by atomic mass is 16.5. The minimum Gasteiger partial charge on any atom is -0.369 e. The third kappa shape index (κ3) is 3.17. The number of aryl methyl sites for hydroxylation is 1. The first-order valence-electron chi connectivity index (χ1n) is 5.50. The molecule has 0 fully saturated rings. The highest BCUT2D eigenvalue weighted by molar-refractivity contribution is 5.41. The van der Waals surface area contributed by atoms with Gasteiger partial charge in [-0.05, 0) is 13.8 Å². The van der Waals surface area contributed by atoms with E-state index in [9.17, 15) is 0 Å². The summed E-state index contributed by atoms with van der Waals surface area (Å²) in [6, 6.07) is 1.88. The smallest absolute Gasteiger partial charge is 0.147 e. The molecule has 6 nitrogen and oxygen atoms in total. The molecule has 0 atom stereocenters. The molecular weight excluding hydrogens is 218 g/mol. The van der Waals surface area contributed by atoms with Crippen LogP contribution in [0.5, 0.6) is 0 Å². The van der Waals surface area contributed by atoms with Crippen LogP contribution in [0.25, 0.3) is 0 Å². The largest absolute Gasteiger partial charge is 0.369 e. The summed E-state index contributed by atoms with van der Waals surface area (Å²) in [6.45, 7) is 5.27. The van der Waals surface area contributed by atoms with E-state index in [2.05, 4.69) is 25.8 Å². The van der Waals surface area contributed by atoms with Crippen LogP contribution >= 0.6 is 0 Å². The quantitative estimate of drug-likeness (QED) is 0.820. The predicted molar refractivity (Wildman–Crippen MR) is 64.8 cm³/mol. The van der Waals surface area contributed by atoms with E-state index in [1.165, 1.54) is 0 Å². The number of rotatable bonds is 5. The Balaban J connectivity index is 1.96. The third-order valence-electron chi connectivity index (χ3n) is 2.12. The Bertz CT molecular complexity index is 482. The lowest BCUT2D eigenvalue weighted by Gasteiger charge is -2.05. The highest BCUT2D eigenvalue weighted by Crippen LogP contribution is 2.08. The van der Waals surface area contributed by atoms with Crippen molar-refractivity contribution < 1.29 is 4.52 Å². The molecular formula is C11H15N5O. The second-order valence-electron chi connectivity index (χ2n) is 3.60. The van der Waals surface area contributed by atoms with E-state index in [0.717, 1.165) is 23.8 Å². The van der Waals surface area contributed by atoms with Gasteiger partial charge in [0, 0.05) is 12.6 Å². The van der Waals surface area contributed by atoms with Gasteiger partial charge in [-0.15, -0.1) is 0 Å². The Morgan fingerprint density at radius 1 is 1.24 bits per heavy atom. The lowest BCUT2D eigenvalue weighted by Crippen LogP contribution is -2.05. The van der Waals surface area contributed by atoms with Gasteiger partial charge in [0.05, 0.1) is 18.9 Å². The second kappa shape index (κ2) is 5.29. The van der Waals surface area contributed by atoms with Crippen molar-refractivity contribution in [1.82, 2.24) is 15.1 Å². The standard InChI is InChI=1S/C11H15N5O/c1-3-13-10-6-12-7-11(15-10)14-5-9-4-8(2)17-16-9/h4,6-7H,3,5H2,1-2H3,(H2,13,14,15). The first kappa shape index (κ1) is 11.4. The molecule has 0 saturated carbocycles. The molecule has 2 N–H and O–H groups in total. The number of anilines is 2. The van der Waals surface area contributed by atoms with E-state index < -0.39 is 0 Å². The lowest BCUT2D eigenvalue weighted by atomic mass is 10.4. The van der Waals surface area contributed by atoms with E-state index in [-0.39, 0.29) is 0 Å². The maximum atomic E-state index is 4.98. The summed E-state index contributed by atoms with van der Waals surface area (Å²) in [4.78, 5) is 8.43. The molecule has 0 bridgehead atoms. The summed E-state index contributed by atoms with van der Waals surface area (Å²) in [5.41, 5.74) is 0.846. The van der Waals surface area contributed by atoms with Crippen molar-refractivity contribution in [2.75, 3.05) is 17.2 Å². The van der Waals surface area contributed by atoms with Crippen molar-refractivity contribution in [3.63, 3.8) is 0 Å². The molecule has 0 aliphatic heterocycles. The summed E-state index contributed by atoms with van der Waals surface area (Å²) in [5.74, 6) is 2.27. The molecule has 0 aliphatic carbocycles. The fourth-order valence-corrected chi connectivity index (χ4v) is 1.40. The fraction of sp³-hybridized carbons (Fsp3) is 0.364. The van der Waals surface area contributed by atoms with Crippen molar-refractivity contribution in [2.24, 2.45) is 0 Å². The van der Waals surface area contributed by atoms with Crippen LogP contribution < -0.4 is 10.6 Å². The average molecular weight is 233 g/mol. The summed E-state index contributed by atoms with van der Waals surface area (Å²) >= 11 is 0. The van der Waals surface area contributed by atoms with Crippen molar-refractivity contribution in [3.8, 4) is 0 Å². The fourth-order valence-electron chi connectivity index (χ4n) is 1.40. The monoisotopic (exact) mass is 233 g/mol. The van der Waals surface area contributed by atoms with Gasteiger partial charge in [-0.1, -0.05) is 5.16 Å². The molecule has 0 aromatic carbocycles. The average Bonchev–Trinajstić information content (AvgIpc) is 2.74. The number of nitrogens with zero attached hydrogens (tertiary/aromatic N) is 3. The van der Waals surface area contributed by atoms with Crippen LogP contribution in [0.4, 0.5) is 11.6 Å². The Kier molecular flexibility index (Phi) is 3.54. The lowest BCUT2D eigenvalue weighted by molar-refractivity contribution is 0.391. The number of hydrogen-bond acceptors (Lipinski definition) is 6. The SMILES string of the molecule is CCNc1cncc(NCc2cc(C)on2)n1. The number of aromatic nitrogens is 3. The van der Waals surface area contributed by atoms with E-state index in [1.54, 1.807) is 12.4 Å². The molecule has 17 heavy (non-hydrogen) atoms. The van der Waals surface area contributed by atoms with Gasteiger partial charge in [-0.25, -0.2) is 4.98 Å².